The number of hydrogen-bond donors (Lipinski definition) is 1. The van der Waals surface area contributed by atoms with Crippen molar-refractivity contribution in [2.45, 2.75) is 44.3 Å². The van der Waals surface area contributed by atoms with Gasteiger partial charge in [0, 0.05) is 25.7 Å². The molecular weight excluding hydrogens is 390 g/mol. The van der Waals surface area contributed by atoms with Gasteiger partial charge in [-0.1, -0.05) is 60.7 Å². The van der Waals surface area contributed by atoms with Crippen molar-refractivity contribution in [3.63, 3.8) is 0 Å². The maximum atomic E-state index is 13.7. The fourth-order valence-electron chi connectivity index (χ4n) is 4.82. The predicted molar refractivity (Wildman–Crippen MR) is 119 cm³/mol. The van der Waals surface area contributed by atoms with Crippen molar-refractivity contribution in [2.75, 3.05) is 26.2 Å². The first-order chi connectivity index (χ1) is 15.0. The number of likely N-dealkylation sites (tertiary alicyclic amines) is 1. The Bertz CT molecular complexity index is 895. The van der Waals surface area contributed by atoms with Crippen LogP contribution in [0.5, 0.6) is 0 Å². The van der Waals surface area contributed by atoms with Crippen LogP contribution in [0.3, 0.4) is 0 Å². The van der Waals surface area contributed by atoms with Gasteiger partial charge in [0.1, 0.15) is 5.54 Å². The predicted octanol–water partition coefficient (Wildman–Crippen LogP) is 2.91. The Balaban J connectivity index is 1.57. The number of benzene rings is 2. The minimum absolute atomic E-state index is 0.0581. The van der Waals surface area contributed by atoms with E-state index in [1.807, 2.05) is 60.4 Å². The van der Waals surface area contributed by atoms with E-state index in [4.69, 9.17) is 0 Å². The maximum absolute atomic E-state index is 13.7. The highest BCUT2D eigenvalue weighted by Crippen LogP contribution is 2.38. The number of aliphatic hydroxyl groups excluding tert-OH is 1. The Kier molecular flexibility index (Phi) is 6.39. The van der Waals surface area contributed by atoms with Crippen LogP contribution >= 0.6 is 0 Å². The lowest BCUT2D eigenvalue weighted by atomic mass is 9.85. The van der Waals surface area contributed by atoms with E-state index in [1.54, 1.807) is 0 Å². The maximum Gasteiger partial charge on any atom is 0.328 e. The lowest BCUT2D eigenvalue weighted by Gasteiger charge is -2.43. The van der Waals surface area contributed by atoms with Gasteiger partial charge in [0.2, 0.25) is 0 Å². The summed E-state index contributed by atoms with van der Waals surface area (Å²) in [6, 6.07) is 19.7. The van der Waals surface area contributed by atoms with Gasteiger partial charge in [0.05, 0.1) is 13.2 Å². The van der Waals surface area contributed by atoms with Crippen LogP contribution in [0, 0.1) is 0 Å². The molecule has 2 fully saturated rings. The Morgan fingerprint density at radius 3 is 2.10 bits per heavy atom. The Morgan fingerprint density at radius 1 is 0.935 bits per heavy atom. The minimum atomic E-state index is -0.785. The number of urea groups is 1. The molecule has 1 N–H and O–H groups in total. The molecule has 31 heavy (non-hydrogen) atoms. The average molecular weight is 422 g/mol. The van der Waals surface area contributed by atoms with Crippen molar-refractivity contribution < 1.29 is 14.7 Å². The summed E-state index contributed by atoms with van der Waals surface area (Å²) in [5.41, 5.74) is 1.33. The van der Waals surface area contributed by atoms with Crippen LogP contribution in [0.1, 0.15) is 30.9 Å². The molecule has 0 aliphatic carbocycles. The molecular formula is C25H31N3O3. The van der Waals surface area contributed by atoms with Crippen molar-refractivity contribution in [2.24, 2.45) is 0 Å². The normalized spacial score (nSPS) is 19.9. The second-order valence-corrected chi connectivity index (χ2v) is 8.65. The number of rotatable bonds is 7. The molecule has 4 rings (SSSR count). The molecule has 6 heteroatoms. The average Bonchev–Trinajstić information content (AvgIpc) is 3.00. The number of piperidine rings is 1. The quantitative estimate of drug-likeness (QED) is 0.699. The third-order valence-electron chi connectivity index (χ3n) is 6.78. The standard InChI is InChI=1S/C25H31N3O3/c1-20(19-29)26-16-13-25(14-17-26)23(30)27(18-22-10-6-3-7-11-22)24(31)28(25)15-12-21-8-4-2-5-9-21/h2-11,20,29H,12-19H2,1H3/t20-/m1/s1. The molecule has 1 atom stereocenters. The molecule has 0 saturated carbocycles. The summed E-state index contributed by atoms with van der Waals surface area (Å²) >= 11 is 0. The number of carbonyl (C=O) groups is 2. The first-order valence-corrected chi connectivity index (χ1v) is 11.1. The first-order valence-electron chi connectivity index (χ1n) is 11.1. The molecule has 2 saturated heterocycles. The molecule has 2 aromatic rings. The molecule has 2 aliphatic heterocycles. The third-order valence-corrected chi connectivity index (χ3v) is 6.78. The number of carbonyl (C=O) groups excluding carboxylic acids is 2. The van der Waals surface area contributed by atoms with Gasteiger partial charge in [-0.25, -0.2) is 4.79 Å². The third kappa shape index (κ3) is 4.23. The zero-order valence-electron chi connectivity index (χ0n) is 18.1. The van der Waals surface area contributed by atoms with Gasteiger partial charge in [-0.3, -0.25) is 14.6 Å². The molecule has 1 spiro atoms. The second kappa shape index (κ2) is 9.20. The smallest absolute Gasteiger partial charge is 0.328 e. The Morgan fingerprint density at radius 2 is 1.52 bits per heavy atom. The van der Waals surface area contributed by atoms with Crippen LogP contribution in [0.25, 0.3) is 0 Å². The summed E-state index contributed by atoms with van der Waals surface area (Å²) in [6.45, 7) is 4.31. The minimum Gasteiger partial charge on any atom is -0.395 e. The van der Waals surface area contributed by atoms with E-state index in [0.29, 0.717) is 39.0 Å². The molecule has 2 aromatic carbocycles. The van der Waals surface area contributed by atoms with Gasteiger partial charge < -0.3 is 10.0 Å². The van der Waals surface area contributed by atoms with Gasteiger partial charge >= 0.3 is 6.03 Å². The summed E-state index contributed by atoms with van der Waals surface area (Å²) in [4.78, 5) is 32.6. The van der Waals surface area contributed by atoms with E-state index in [2.05, 4.69) is 17.0 Å². The van der Waals surface area contributed by atoms with E-state index >= 15 is 0 Å². The Labute approximate surface area is 184 Å². The molecule has 6 nitrogen and oxygen atoms in total. The van der Waals surface area contributed by atoms with Crippen LogP contribution in [0.2, 0.25) is 0 Å². The van der Waals surface area contributed by atoms with Gasteiger partial charge in [0.25, 0.3) is 5.91 Å². The highest BCUT2D eigenvalue weighted by molar-refractivity contribution is 6.07. The van der Waals surface area contributed by atoms with E-state index in [9.17, 15) is 14.7 Å². The van der Waals surface area contributed by atoms with Crippen molar-refractivity contribution >= 4 is 11.9 Å². The molecule has 0 unspecified atom stereocenters. The van der Waals surface area contributed by atoms with Crippen molar-refractivity contribution in [3.05, 3.63) is 71.8 Å². The van der Waals surface area contributed by atoms with Gasteiger partial charge in [0.15, 0.2) is 0 Å². The highest BCUT2D eigenvalue weighted by atomic mass is 16.3. The van der Waals surface area contributed by atoms with Crippen LogP contribution in [-0.2, 0) is 17.8 Å². The van der Waals surface area contributed by atoms with Crippen LogP contribution in [0.4, 0.5) is 4.79 Å². The zero-order valence-corrected chi connectivity index (χ0v) is 18.1. The van der Waals surface area contributed by atoms with Crippen molar-refractivity contribution in [1.29, 1.82) is 0 Å². The highest BCUT2D eigenvalue weighted by Gasteiger charge is 2.57. The zero-order chi connectivity index (χ0) is 21.8. The van der Waals surface area contributed by atoms with Crippen LogP contribution in [-0.4, -0.2) is 69.6 Å². The molecule has 3 amide bonds. The fourth-order valence-corrected chi connectivity index (χ4v) is 4.82. The van der Waals surface area contributed by atoms with Crippen LogP contribution < -0.4 is 0 Å². The summed E-state index contributed by atoms with van der Waals surface area (Å²) in [6.07, 6.45) is 1.92. The van der Waals surface area contributed by atoms with Crippen LogP contribution in [0.15, 0.2) is 60.7 Å². The lowest BCUT2D eigenvalue weighted by molar-refractivity contribution is -0.136. The summed E-state index contributed by atoms with van der Waals surface area (Å²) in [5, 5.41) is 9.52. The van der Waals surface area contributed by atoms with Gasteiger partial charge in [-0.05, 0) is 37.3 Å². The van der Waals surface area contributed by atoms with E-state index in [-0.39, 0.29) is 24.6 Å². The number of hydrogen-bond acceptors (Lipinski definition) is 4. The molecule has 0 radical (unpaired) electrons. The second-order valence-electron chi connectivity index (χ2n) is 8.65. The molecule has 0 bridgehead atoms. The fraction of sp³-hybridized carbons (Fsp3) is 0.440. The van der Waals surface area contributed by atoms with Crippen molar-refractivity contribution in [3.8, 4) is 0 Å². The van der Waals surface area contributed by atoms with Gasteiger partial charge in [-0.15, -0.1) is 0 Å². The summed E-state index contributed by atoms with van der Waals surface area (Å²) < 4.78 is 0. The molecule has 164 valence electrons. The van der Waals surface area contributed by atoms with Gasteiger partial charge in [-0.2, -0.15) is 0 Å². The monoisotopic (exact) mass is 421 g/mol. The first kappa shape index (κ1) is 21.5. The summed E-state index contributed by atoms with van der Waals surface area (Å²) in [7, 11) is 0. The van der Waals surface area contributed by atoms with E-state index < -0.39 is 5.54 Å². The molecule has 2 aliphatic rings. The van der Waals surface area contributed by atoms with Crippen molar-refractivity contribution in [1.82, 2.24) is 14.7 Å². The number of imide groups is 1. The Hall–Kier alpha value is -2.70. The molecule has 0 aromatic heterocycles. The largest absolute Gasteiger partial charge is 0.395 e. The van der Waals surface area contributed by atoms with E-state index in [0.717, 1.165) is 17.5 Å². The van der Waals surface area contributed by atoms with E-state index in [1.165, 1.54) is 4.90 Å². The SMILES string of the molecule is C[C@H](CO)N1CCC2(CC1)C(=O)N(Cc1ccccc1)C(=O)N2CCc1ccccc1. The number of aliphatic hydroxyl groups is 1. The molecule has 2 heterocycles. The summed E-state index contributed by atoms with van der Waals surface area (Å²) in [5.74, 6) is -0.0780. The number of amides is 3. The number of nitrogens with zero attached hydrogens (tertiary/aromatic N) is 3. The lowest BCUT2D eigenvalue weighted by Crippen LogP contribution is -2.58. The topological polar surface area (TPSA) is 64.1 Å².